The second-order valence-corrected chi connectivity index (χ2v) is 7.40. The molecule has 3 N–H and O–H groups in total. The first-order valence-corrected chi connectivity index (χ1v) is 9.63. The van der Waals surface area contributed by atoms with Gasteiger partial charge in [0.1, 0.15) is 34.4 Å². The predicted octanol–water partition coefficient (Wildman–Crippen LogP) is 3.83. The maximum Gasteiger partial charge on any atom is 0.150 e. The van der Waals surface area contributed by atoms with E-state index in [0.29, 0.717) is 5.82 Å². The molecule has 1 aromatic carbocycles. The molecule has 28 heavy (non-hydrogen) atoms. The number of hydrogen-bond acceptors (Lipinski definition) is 5. The Kier molecular flexibility index (Phi) is 4.13. The van der Waals surface area contributed by atoms with E-state index in [1.54, 1.807) is 6.20 Å². The maximum absolute atomic E-state index is 9.70. The minimum atomic E-state index is -0.236. The van der Waals surface area contributed by atoms with Crippen LogP contribution in [0.15, 0.2) is 60.6 Å². The molecule has 0 spiro atoms. The molecule has 2 aliphatic rings. The lowest BCUT2D eigenvalue weighted by molar-refractivity contribution is 0.0715. The zero-order valence-corrected chi connectivity index (χ0v) is 15.5. The zero-order chi connectivity index (χ0) is 19.1. The van der Waals surface area contributed by atoms with Crippen molar-refractivity contribution in [2.75, 3.05) is 5.73 Å². The molecule has 1 saturated carbocycles. The Morgan fingerprint density at radius 2 is 2.00 bits per heavy atom. The highest BCUT2D eigenvalue weighted by Crippen LogP contribution is 2.39. The van der Waals surface area contributed by atoms with Crippen LogP contribution in [0.3, 0.4) is 0 Å². The minimum absolute atomic E-state index is 0.236. The van der Waals surface area contributed by atoms with Crippen molar-refractivity contribution in [3.63, 3.8) is 0 Å². The molecule has 1 fully saturated rings. The van der Waals surface area contributed by atoms with Crippen molar-refractivity contribution < 1.29 is 9.84 Å². The van der Waals surface area contributed by atoms with Crippen LogP contribution in [0, 0.1) is 0 Å². The number of fused-ring (bicyclic) bond motifs is 1. The fourth-order valence-electron chi connectivity index (χ4n) is 3.87. The number of nitrogens with zero attached hydrogens (tertiary/aromatic N) is 3. The monoisotopic (exact) mass is 374 g/mol. The standard InChI is InChI=1S/C22H22N4O2/c23-21-20-19(25-22(15-12-16(27)13-15)26(20)11-10-24-21)14-6-8-18(9-7-14)28-17-4-2-1-3-5-17/h1-2,4,6-11,15-16,27H,3,5,12-13H2,(H2,23,24)/t15-,16+. The number of allylic oxidation sites excluding steroid dienone is 4. The summed E-state index contributed by atoms with van der Waals surface area (Å²) in [7, 11) is 0. The Morgan fingerprint density at radius 3 is 2.71 bits per heavy atom. The minimum Gasteiger partial charge on any atom is -0.462 e. The number of rotatable bonds is 4. The number of aromatic nitrogens is 3. The van der Waals surface area contributed by atoms with Crippen LogP contribution in [0.25, 0.3) is 16.8 Å². The smallest absolute Gasteiger partial charge is 0.150 e. The lowest BCUT2D eigenvalue weighted by atomic mass is 9.82. The molecular formula is C22H22N4O2. The highest BCUT2D eigenvalue weighted by Gasteiger charge is 2.33. The van der Waals surface area contributed by atoms with E-state index < -0.39 is 0 Å². The molecule has 2 heterocycles. The van der Waals surface area contributed by atoms with E-state index in [1.165, 1.54) is 0 Å². The van der Waals surface area contributed by atoms with Crippen LogP contribution < -0.4 is 10.5 Å². The number of aliphatic hydroxyl groups excluding tert-OH is 1. The predicted molar refractivity (Wildman–Crippen MR) is 108 cm³/mol. The van der Waals surface area contributed by atoms with Crippen molar-refractivity contribution in [3.8, 4) is 17.0 Å². The summed E-state index contributed by atoms with van der Waals surface area (Å²) >= 11 is 0. The molecule has 0 aliphatic heterocycles. The molecule has 0 unspecified atom stereocenters. The Morgan fingerprint density at radius 1 is 1.18 bits per heavy atom. The number of nitrogen functional groups attached to an aromatic ring is 1. The Hall–Kier alpha value is -3.12. The Bertz CT molecular complexity index is 1080. The van der Waals surface area contributed by atoms with Gasteiger partial charge in [-0.25, -0.2) is 9.97 Å². The summed E-state index contributed by atoms with van der Waals surface area (Å²) < 4.78 is 7.97. The van der Waals surface area contributed by atoms with Crippen molar-refractivity contribution in [1.29, 1.82) is 0 Å². The molecule has 0 atom stereocenters. The summed E-state index contributed by atoms with van der Waals surface area (Å²) in [6, 6.07) is 7.92. The van der Waals surface area contributed by atoms with Crippen molar-refractivity contribution in [2.45, 2.75) is 37.7 Å². The molecule has 2 aromatic heterocycles. The first-order chi connectivity index (χ1) is 13.7. The number of ether oxygens (including phenoxy) is 1. The molecular weight excluding hydrogens is 352 g/mol. The quantitative estimate of drug-likeness (QED) is 0.725. The van der Waals surface area contributed by atoms with Gasteiger partial charge in [-0.3, -0.25) is 4.40 Å². The first-order valence-electron chi connectivity index (χ1n) is 9.63. The van der Waals surface area contributed by atoms with Gasteiger partial charge < -0.3 is 15.6 Å². The molecule has 0 amide bonds. The van der Waals surface area contributed by atoms with Crippen LogP contribution in [0.4, 0.5) is 5.82 Å². The van der Waals surface area contributed by atoms with E-state index in [1.807, 2.05) is 47.0 Å². The third kappa shape index (κ3) is 2.96. The largest absolute Gasteiger partial charge is 0.462 e. The molecule has 142 valence electrons. The molecule has 6 heteroatoms. The van der Waals surface area contributed by atoms with Crippen LogP contribution >= 0.6 is 0 Å². The van der Waals surface area contributed by atoms with E-state index in [0.717, 1.165) is 59.8 Å². The number of aliphatic hydroxyl groups is 1. The van der Waals surface area contributed by atoms with Crippen molar-refractivity contribution >= 4 is 11.3 Å². The van der Waals surface area contributed by atoms with Crippen LogP contribution in [0.2, 0.25) is 0 Å². The summed E-state index contributed by atoms with van der Waals surface area (Å²) in [4.78, 5) is 9.14. The van der Waals surface area contributed by atoms with Gasteiger partial charge in [-0.15, -0.1) is 0 Å². The fourth-order valence-corrected chi connectivity index (χ4v) is 3.87. The molecule has 5 rings (SSSR count). The van der Waals surface area contributed by atoms with Crippen LogP contribution in [-0.2, 0) is 0 Å². The highest BCUT2D eigenvalue weighted by molar-refractivity contribution is 5.85. The molecule has 0 radical (unpaired) electrons. The molecule has 6 nitrogen and oxygen atoms in total. The Balaban J connectivity index is 1.50. The van der Waals surface area contributed by atoms with E-state index >= 15 is 0 Å². The van der Waals surface area contributed by atoms with Crippen LogP contribution in [-0.4, -0.2) is 25.6 Å². The SMILES string of the molecule is Nc1nccn2c1c(-c1ccc(OC3=CC=CCC3)cc1)nc2[C@H]1C[C@@H](O)C1. The normalized spacial score (nSPS) is 21.4. The van der Waals surface area contributed by atoms with Gasteiger partial charge in [0.2, 0.25) is 0 Å². The number of benzene rings is 1. The third-order valence-electron chi connectivity index (χ3n) is 5.44. The number of nitrogens with two attached hydrogens (primary N) is 1. The number of imidazole rings is 1. The van der Waals surface area contributed by atoms with Crippen molar-refractivity contribution in [1.82, 2.24) is 14.4 Å². The van der Waals surface area contributed by atoms with Gasteiger partial charge >= 0.3 is 0 Å². The van der Waals surface area contributed by atoms with Gasteiger partial charge in [-0.1, -0.05) is 12.2 Å². The van der Waals surface area contributed by atoms with E-state index in [-0.39, 0.29) is 12.0 Å². The number of anilines is 1. The Labute approximate surface area is 163 Å². The molecule has 0 bridgehead atoms. The maximum atomic E-state index is 9.70. The molecule has 3 aromatic rings. The lowest BCUT2D eigenvalue weighted by Gasteiger charge is -2.30. The van der Waals surface area contributed by atoms with Crippen LogP contribution in [0.5, 0.6) is 5.75 Å². The van der Waals surface area contributed by atoms with E-state index in [9.17, 15) is 5.11 Å². The fraction of sp³-hybridized carbons (Fsp3) is 0.273. The average molecular weight is 374 g/mol. The van der Waals surface area contributed by atoms with Gasteiger partial charge in [-0.05, 0) is 49.6 Å². The summed E-state index contributed by atoms with van der Waals surface area (Å²) in [6.07, 6.45) is 12.9. The zero-order valence-electron chi connectivity index (χ0n) is 15.5. The number of hydrogen-bond donors (Lipinski definition) is 2. The van der Waals surface area contributed by atoms with Crippen molar-refractivity contribution in [3.05, 3.63) is 66.5 Å². The van der Waals surface area contributed by atoms with Gasteiger partial charge in [0.05, 0.1) is 6.10 Å². The highest BCUT2D eigenvalue weighted by atomic mass is 16.5. The lowest BCUT2D eigenvalue weighted by Crippen LogP contribution is -2.27. The summed E-state index contributed by atoms with van der Waals surface area (Å²) in [5, 5.41) is 9.70. The van der Waals surface area contributed by atoms with Gasteiger partial charge in [0.15, 0.2) is 0 Å². The van der Waals surface area contributed by atoms with Gasteiger partial charge in [0, 0.05) is 30.3 Å². The van der Waals surface area contributed by atoms with Crippen LogP contribution in [0.1, 0.15) is 37.4 Å². The second kappa shape index (κ2) is 6.80. The first kappa shape index (κ1) is 17.0. The van der Waals surface area contributed by atoms with Gasteiger partial charge in [0.25, 0.3) is 0 Å². The van der Waals surface area contributed by atoms with E-state index in [4.69, 9.17) is 15.5 Å². The molecule has 0 saturated heterocycles. The van der Waals surface area contributed by atoms with Gasteiger partial charge in [-0.2, -0.15) is 0 Å². The molecule has 2 aliphatic carbocycles. The topological polar surface area (TPSA) is 85.7 Å². The average Bonchev–Trinajstić information content (AvgIpc) is 3.07. The summed E-state index contributed by atoms with van der Waals surface area (Å²) in [5.41, 5.74) is 8.78. The summed E-state index contributed by atoms with van der Waals surface area (Å²) in [5.74, 6) is 3.41. The second-order valence-electron chi connectivity index (χ2n) is 7.40. The van der Waals surface area contributed by atoms with Crippen molar-refractivity contribution in [2.24, 2.45) is 0 Å². The van der Waals surface area contributed by atoms with E-state index in [2.05, 4.69) is 11.1 Å². The third-order valence-corrected chi connectivity index (χ3v) is 5.44. The summed E-state index contributed by atoms with van der Waals surface area (Å²) in [6.45, 7) is 0.